The molecule has 1 atom stereocenters. The lowest BCUT2D eigenvalue weighted by Crippen LogP contribution is -2.58. The van der Waals surface area contributed by atoms with Gasteiger partial charge in [-0.05, 0) is 43.3 Å². The van der Waals surface area contributed by atoms with Crippen molar-refractivity contribution in [1.82, 2.24) is 4.90 Å². The molecule has 2 aromatic rings. The van der Waals surface area contributed by atoms with E-state index in [1.807, 2.05) is 19.1 Å². The van der Waals surface area contributed by atoms with Crippen LogP contribution in [0.1, 0.15) is 22.3 Å². The number of rotatable bonds is 6. The number of halogens is 1. The molecule has 6 nitrogen and oxygen atoms in total. The number of hydrogen-bond acceptors (Lipinski definition) is 4. The first kappa shape index (κ1) is 19.8. The minimum absolute atomic E-state index is 0.0131. The second-order valence-corrected chi connectivity index (χ2v) is 7.01. The highest BCUT2D eigenvalue weighted by molar-refractivity contribution is 5.94. The van der Waals surface area contributed by atoms with Gasteiger partial charge in [0, 0.05) is 12.1 Å². The first-order chi connectivity index (χ1) is 13.4. The van der Waals surface area contributed by atoms with Crippen LogP contribution < -0.4 is 10.5 Å². The lowest BCUT2D eigenvalue weighted by molar-refractivity contribution is -0.142. The first-order valence-electron chi connectivity index (χ1n) is 9.03. The number of morpholine rings is 1. The molecule has 1 saturated heterocycles. The molecule has 3 rings (SSSR count). The molecule has 2 N–H and O–H groups in total. The quantitative estimate of drug-likeness (QED) is 0.826. The van der Waals surface area contributed by atoms with Crippen LogP contribution in [0.4, 0.5) is 4.39 Å². The summed E-state index contributed by atoms with van der Waals surface area (Å²) in [5.41, 5.74) is 6.00. The number of ether oxygens (including phenoxy) is 2. The van der Waals surface area contributed by atoms with E-state index in [1.54, 1.807) is 17.0 Å². The number of carbonyl (C=O) groups excluding carboxylic acids is 2. The van der Waals surface area contributed by atoms with E-state index in [0.717, 1.165) is 5.56 Å². The number of carbonyl (C=O) groups is 2. The molecular formula is C21H23FN2O4. The van der Waals surface area contributed by atoms with E-state index in [2.05, 4.69) is 0 Å². The number of amides is 2. The predicted molar refractivity (Wildman–Crippen MR) is 101 cm³/mol. The minimum Gasteiger partial charge on any atom is -0.490 e. The summed E-state index contributed by atoms with van der Waals surface area (Å²) < 4.78 is 24.6. The Morgan fingerprint density at radius 3 is 2.50 bits per heavy atom. The lowest BCUT2D eigenvalue weighted by Gasteiger charge is -2.42. The van der Waals surface area contributed by atoms with Gasteiger partial charge in [-0.15, -0.1) is 0 Å². The highest BCUT2D eigenvalue weighted by Gasteiger charge is 2.41. The van der Waals surface area contributed by atoms with Gasteiger partial charge in [0.2, 0.25) is 5.91 Å². The van der Waals surface area contributed by atoms with Crippen molar-refractivity contribution >= 4 is 11.8 Å². The summed E-state index contributed by atoms with van der Waals surface area (Å²) in [5.74, 6) is -0.620. The van der Waals surface area contributed by atoms with Crippen LogP contribution in [0.3, 0.4) is 0 Å². The molecule has 1 fully saturated rings. The molecule has 0 radical (unpaired) electrons. The van der Waals surface area contributed by atoms with Gasteiger partial charge in [-0.3, -0.25) is 9.59 Å². The molecule has 7 heteroatoms. The van der Waals surface area contributed by atoms with E-state index >= 15 is 0 Å². The van der Waals surface area contributed by atoms with Crippen LogP contribution >= 0.6 is 0 Å². The van der Waals surface area contributed by atoms with Crippen LogP contribution in [0.2, 0.25) is 0 Å². The fourth-order valence-electron chi connectivity index (χ4n) is 3.21. The Balaban J connectivity index is 1.75. The Labute approximate surface area is 163 Å². The van der Waals surface area contributed by atoms with Gasteiger partial charge in [-0.2, -0.15) is 0 Å². The zero-order valence-corrected chi connectivity index (χ0v) is 15.7. The van der Waals surface area contributed by atoms with Gasteiger partial charge in [0.15, 0.2) is 0 Å². The molecule has 148 valence electrons. The number of primary amides is 1. The van der Waals surface area contributed by atoms with Gasteiger partial charge >= 0.3 is 0 Å². The third-order valence-corrected chi connectivity index (χ3v) is 4.65. The second kappa shape index (κ2) is 8.39. The summed E-state index contributed by atoms with van der Waals surface area (Å²) >= 11 is 0. The van der Waals surface area contributed by atoms with Crippen molar-refractivity contribution in [2.45, 2.75) is 18.9 Å². The topological polar surface area (TPSA) is 81.9 Å². The predicted octanol–water partition coefficient (Wildman–Crippen LogP) is 2.30. The summed E-state index contributed by atoms with van der Waals surface area (Å²) in [6, 6.07) is 12.9. The molecule has 0 aliphatic carbocycles. The van der Waals surface area contributed by atoms with Crippen molar-refractivity contribution in [3.8, 4) is 5.75 Å². The van der Waals surface area contributed by atoms with E-state index in [4.69, 9.17) is 15.2 Å². The Morgan fingerprint density at radius 2 is 1.86 bits per heavy atom. The third kappa shape index (κ3) is 4.86. The van der Waals surface area contributed by atoms with Crippen LogP contribution in [-0.4, -0.2) is 48.6 Å². The summed E-state index contributed by atoms with van der Waals surface area (Å²) in [6.45, 7) is 2.80. The smallest absolute Gasteiger partial charge is 0.254 e. The Hall–Kier alpha value is -2.93. The number of benzene rings is 2. The standard InChI is InChI=1S/C21H23FN2O4/c1-15-2-4-16(5-3-15)20(26)24-10-11-28-21(13-24,12-19(23)25)14-27-18-8-6-17(22)7-9-18/h2-9H,10-14H2,1H3,(H2,23,25)/t21-/m0/s1. The number of nitrogens with zero attached hydrogens (tertiary/aromatic N) is 1. The average molecular weight is 386 g/mol. The fourth-order valence-corrected chi connectivity index (χ4v) is 3.21. The van der Waals surface area contributed by atoms with Crippen molar-refractivity contribution in [2.75, 3.05) is 26.3 Å². The van der Waals surface area contributed by atoms with E-state index < -0.39 is 11.5 Å². The first-order valence-corrected chi connectivity index (χ1v) is 9.03. The van der Waals surface area contributed by atoms with Crippen molar-refractivity contribution in [3.05, 3.63) is 65.5 Å². The van der Waals surface area contributed by atoms with Crippen molar-refractivity contribution in [1.29, 1.82) is 0 Å². The van der Waals surface area contributed by atoms with Gasteiger partial charge in [0.1, 0.15) is 23.8 Å². The SMILES string of the molecule is Cc1ccc(C(=O)N2CCO[C@@](COc3ccc(F)cc3)(CC(N)=O)C2)cc1. The van der Waals surface area contributed by atoms with Gasteiger partial charge in [0.05, 0.1) is 19.6 Å². The summed E-state index contributed by atoms with van der Waals surface area (Å²) in [5, 5.41) is 0. The van der Waals surface area contributed by atoms with Crippen molar-refractivity contribution in [3.63, 3.8) is 0 Å². The molecule has 1 heterocycles. The normalized spacial score (nSPS) is 19.3. The molecule has 2 amide bonds. The average Bonchev–Trinajstić information content (AvgIpc) is 2.67. The third-order valence-electron chi connectivity index (χ3n) is 4.65. The van der Waals surface area contributed by atoms with Crippen LogP contribution in [0.25, 0.3) is 0 Å². The Kier molecular flexibility index (Phi) is 5.94. The molecule has 1 aliphatic rings. The maximum absolute atomic E-state index is 13.1. The molecule has 0 spiro atoms. The molecule has 0 bridgehead atoms. The molecule has 0 aromatic heterocycles. The van der Waals surface area contributed by atoms with Crippen molar-refractivity contribution in [2.24, 2.45) is 5.73 Å². The molecule has 1 aliphatic heterocycles. The summed E-state index contributed by atoms with van der Waals surface area (Å²) in [6.07, 6.45) is -0.0914. The molecule has 2 aromatic carbocycles. The summed E-state index contributed by atoms with van der Waals surface area (Å²) in [4.78, 5) is 26.2. The second-order valence-electron chi connectivity index (χ2n) is 7.01. The molecule has 0 unspecified atom stereocenters. The zero-order valence-electron chi connectivity index (χ0n) is 15.7. The summed E-state index contributed by atoms with van der Waals surface area (Å²) in [7, 11) is 0. The largest absolute Gasteiger partial charge is 0.490 e. The van der Waals surface area contributed by atoms with Gasteiger partial charge in [-0.25, -0.2) is 4.39 Å². The van der Waals surface area contributed by atoms with Crippen LogP contribution in [-0.2, 0) is 9.53 Å². The van der Waals surface area contributed by atoms with Crippen molar-refractivity contribution < 1.29 is 23.5 Å². The monoisotopic (exact) mass is 386 g/mol. The fraction of sp³-hybridized carbons (Fsp3) is 0.333. The number of nitrogens with two attached hydrogens (primary N) is 1. The maximum atomic E-state index is 13.1. The van der Waals surface area contributed by atoms with Gasteiger partial charge in [0.25, 0.3) is 5.91 Å². The lowest BCUT2D eigenvalue weighted by atomic mass is 9.97. The molecular weight excluding hydrogens is 363 g/mol. The zero-order chi connectivity index (χ0) is 20.1. The minimum atomic E-state index is -1.06. The molecule has 0 saturated carbocycles. The van der Waals surface area contributed by atoms with E-state index in [0.29, 0.717) is 17.9 Å². The highest BCUT2D eigenvalue weighted by Crippen LogP contribution is 2.25. The molecule has 28 heavy (non-hydrogen) atoms. The number of hydrogen-bond donors (Lipinski definition) is 1. The maximum Gasteiger partial charge on any atom is 0.254 e. The van der Waals surface area contributed by atoms with E-state index in [9.17, 15) is 14.0 Å². The highest BCUT2D eigenvalue weighted by atomic mass is 19.1. The van der Waals surface area contributed by atoms with Gasteiger partial charge < -0.3 is 20.1 Å². The number of aryl methyl sites for hydroxylation is 1. The van der Waals surface area contributed by atoms with E-state index in [-0.39, 0.29) is 37.9 Å². The Morgan fingerprint density at radius 1 is 1.18 bits per heavy atom. The van der Waals surface area contributed by atoms with Crippen LogP contribution in [0.5, 0.6) is 5.75 Å². The van der Waals surface area contributed by atoms with Gasteiger partial charge in [-0.1, -0.05) is 17.7 Å². The Bertz CT molecular complexity index is 838. The van der Waals surface area contributed by atoms with Crippen LogP contribution in [0, 0.1) is 12.7 Å². The van der Waals surface area contributed by atoms with E-state index in [1.165, 1.54) is 24.3 Å². The van der Waals surface area contributed by atoms with Crippen LogP contribution in [0.15, 0.2) is 48.5 Å².